The lowest BCUT2D eigenvalue weighted by molar-refractivity contribution is -0.385. The average molecular weight is 369 g/mol. The maximum absolute atomic E-state index is 13.2. The Labute approximate surface area is 134 Å². The molecular formula is C14H10BrFN2O2S. The second-order valence-electron chi connectivity index (χ2n) is 4.34. The average Bonchev–Trinajstić information content (AvgIpc) is 2.42. The molecule has 0 aliphatic heterocycles. The molecule has 1 N–H and O–H groups in total. The zero-order valence-corrected chi connectivity index (χ0v) is 13.3. The summed E-state index contributed by atoms with van der Waals surface area (Å²) in [6.45, 7) is 1.64. The number of halogens is 2. The Morgan fingerprint density at radius 3 is 2.67 bits per heavy atom. The van der Waals surface area contributed by atoms with Crippen molar-refractivity contribution in [1.82, 2.24) is 0 Å². The van der Waals surface area contributed by atoms with Crippen LogP contribution in [-0.4, -0.2) is 9.91 Å². The highest BCUT2D eigenvalue weighted by Crippen LogP contribution is 2.25. The SMILES string of the molecule is Cc1cc(C(=S)Nc2cc(F)ccc2Br)ccc1[N+](=O)[O-]. The van der Waals surface area contributed by atoms with Crippen LogP contribution < -0.4 is 5.32 Å². The van der Waals surface area contributed by atoms with Crippen molar-refractivity contribution in [1.29, 1.82) is 0 Å². The highest BCUT2D eigenvalue weighted by atomic mass is 79.9. The molecule has 2 aromatic rings. The van der Waals surface area contributed by atoms with E-state index in [1.54, 1.807) is 25.1 Å². The van der Waals surface area contributed by atoms with E-state index in [1.807, 2.05) is 0 Å². The molecule has 0 bridgehead atoms. The van der Waals surface area contributed by atoms with Gasteiger partial charge in [0, 0.05) is 21.7 Å². The van der Waals surface area contributed by atoms with Crippen molar-refractivity contribution in [3.63, 3.8) is 0 Å². The molecule has 2 rings (SSSR count). The Morgan fingerprint density at radius 2 is 2.05 bits per heavy atom. The van der Waals surface area contributed by atoms with Gasteiger partial charge in [-0.3, -0.25) is 10.1 Å². The lowest BCUT2D eigenvalue weighted by Crippen LogP contribution is -2.11. The van der Waals surface area contributed by atoms with Crippen molar-refractivity contribution in [3.8, 4) is 0 Å². The lowest BCUT2D eigenvalue weighted by Gasteiger charge is -2.10. The topological polar surface area (TPSA) is 55.2 Å². The van der Waals surface area contributed by atoms with E-state index in [0.29, 0.717) is 26.3 Å². The van der Waals surface area contributed by atoms with Crippen molar-refractivity contribution in [2.24, 2.45) is 0 Å². The fraction of sp³-hybridized carbons (Fsp3) is 0.0714. The van der Waals surface area contributed by atoms with Crippen LogP contribution in [0.4, 0.5) is 15.8 Å². The largest absolute Gasteiger partial charge is 0.345 e. The predicted octanol–water partition coefficient (Wildman–Crippen LogP) is 4.59. The molecule has 21 heavy (non-hydrogen) atoms. The summed E-state index contributed by atoms with van der Waals surface area (Å²) in [5, 5.41) is 13.7. The third-order valence-electron chi connectivity index (χ3n) is 2.83. The van der Waals surface area contributed by atoms with E-state index < -0.39 is 4.92 Å². The number of nitro groups is 1. The molecule has 0 amide bonds. The number of benzene rings is 2. The molecule has 0 saturated heterocycles. The summed E-state index contributed by atoms with van der Waals surface area (Å²) >= 11 is 8.55. The van der Waals surface area contributed by atoms with Crippen LogP contribution in [0.5, 0.6) is 0 Å². The van der Waals surface area contributed by atoms with Crippen molar-refractivity contribution in [2.75, 3.05) is 5.32 Å². The number of anilines is 1. The Morgan fingerprint density at radius 1 is 1.33 bits per heavy atom. The minimum Gasteiger partial charge on any atom is -0.345 e. The Balaban J connectivity index is 2.26. The van der Waals surface area contributed by atoms with Gasteiger partial charge >= 0.3 is 0 Å². The Kier molecular flexibility index (Phi) is 4.64. The molecule has 108 valence electrons. The van der Waals surface area contributed by atoms with Crippen LogP contribution in [0, 0.1) is 22.9 Å². The van der Waals surface area contributed by atoms with Crippen LogP contribution in [0.25, 0.3) is 0 Å². The van der Waals surface area contributed by atoms with Gasteiger partial charge in [-0.05, 0) is 53.2 Å². The summed E-state index contributed by atoms with van der Waals surface area (Å²) in [6, 6.07) is 8.80. The van der Waals surface area contributed by atoms with Crippen molar-refractivity contribution in [2.45, 2.75) is 6.92 Å². The molecule has 0 heterocycles. The van der Waals surface area contributed by atoms with E-state index in [1.165, 1.54) is 18.2 Å². The molecule has 2 aromatic carbocycles. The van der Waals surface area contributed by atoms with Crippen LogP contribution in [-0.2, 0) is 0 Å². The molecule has 4 nitrogen and oxygen atoms in total. The monoisotopic (exact) mass is 368 g/mol. The normalized spacial score (nSPS) is 10.2. The number of thiocarbonyl (C=S) groups is 1. The summed E-state index contributed by atoms with van der Waals surface area (Å²) < 4.78 is 13.9. The van der Waals surface area contributed by atoms with Gasteiger partial charge in [0.25, 0.3) is 5.69 Å². The first-order valence-electron chi connectivity index (χ1n) is 5.90. The van der Waals surface area contributed by atoms with Crippen LogP contribution in [0.15, 0.2) is 40.9 Å². The van der Waals surface area contributed by atoms with Gasteiger partial charge in [-0.25, -0.2) is 4.39 Å². The summed E-state index contributed by atoms with van der Waals surface area (Å²) in [5.74, 6) is -0.386. The van der Waals surface area contributed by atoms with Gasteiger partial charge in [-0.1, -0.05) is 12.2 Å². The summed E-state index contributed by atoms with van der Waals surface area (Å²) in [7, 11) is 0. The molecule has 0 aliphatic rings. The van der Waals surface area contributed by atoms with E-state index in [0.717, 1.165) is 0 Å². The Bertz CT molecular complexity index is 737. The molecule has 0 radical (unpaired) electrons. The van der Waals surface area contributed by atoms with Crippen LogP contribution in [0.2, 0.25) is 0 Å². The predicted molar refractivity (Wildman–Crippen MR) is 87.3 cm³/mol. The zero-order chi connectivity index (χ0) is 15.6. The molecule has 0 atom stereocenters. The maximum atomic E-state index is 13.2. The van der Waals surface area contributed by atoms with Gasteiger partial charge in [-0.2, -0.15) is 0 Å². The summed E-state index contributed by atoms with van der Waals surface area (Å²) in [5.41, 5.74) is 1.67. The van der Waals surface area contributed by atoms with E-state index >= 15 is 0 Å². The first-order chi connectivity index (χ1) is 9.88. The van der Waals surface area contributed by atoms with Gasteiger partial charge in [0.15, 0.2) is 0 Å². The molecule has 7 heteroatoms. The molecule has 0 aromatic heterocycles. The molecule has 0 saturated carbocycles. The van der Waals surface area contributed by atoms with Gasteiger partial charge in [0.1, 0.15) is 10.8 Å². The van der Waals surface area contributed by atoms with Gasteiger partial charge in [0.2, 0.25) is 0 Å². The number of nitrogens with zero attached hydrogens (tertiary/aromatic N) is 1. The number of nitro benzene ring substituents is 1. The summed E-state index contributed by atoms with van der Waals surface area (Å²) in [6.07, 6.45) is 0. The molecule has 0 aliphatic carbocycles. The molecule has 0 spiro atoms. The standard InChI is InChI=1S/C14H10BrFN2O2S/c1-8-6-9(2-5-13(8)18(19)20)14(21)17-12-7-10(16)3-4-11(12)15/h2-7H,1H3,(H,17,21). The number of hydrogen-bond donors (Lipinski definition) is 1. The van der Waals surface area contributed by atoms with Crippen molar-refractivity contribution >= 4 is 44.5 Å². The van der Waals surface area contributed by atoms with E-state index in [-0.39, 0.29) is 11.5 Å². The van der Waals surface area contributed by atoms with E-state index in [4.69, 9.17) is 12.2 Å². The fourth-order valence-corrected chi connectivity index (χ4v) is 2.37. The van der Waals surface area contributed by atoms with Crippen molar-refractivity contribution in [3.05, 3.63) is 67.9 Å². The van der Waals surface area contributed by atoms with Gasteiger partial charge < -0.3 is 5.32 Å². The third kappa shape index (κ3) is 3.62. The number of aryl methyl sites for hydroxylation is 1. The zero-order valence-electron chi connectivity index (χ0n) is 10.9. The minimum atomic E-state index is -0.446. The van der Waals surface area contributed by atoms with E-state index in [9.17, 15) is 14.5 Å². The third-order valence-corrected chi connectivity index (χ3v) is 3.86. The fourth-order valence-electron chi connectivity index (χ4n) is 1.79. The van der Waals surface area contributed by atoms with Crippen LogP contribution in [0.1, 0.15) is 11.1 Å². The second kappa shape index (κ2) is 6.28. The molecule has 0 unspecified atom stereocenters. The summed E-state index contributed by atoms with van der Waals surface area (Å²) in [4.78, 5) is 10.7. The smallest absolute Gasteiger partial charge is 0.272 e. The van der Waals surface area contributed by atoms with Gasteiger partial charge in [-0.15, -0.1) is 0 Å². The van der Waals surface area contributed by atoms with E-state index in [2.05, 4.69) is 21.2 Å². The first kappa shape index (κ1) is 15.5. The van der Waals surface area contributed by atoms with Crippen molar-refractivity contribution < 1.29 is 9.31 Å². The number of rotatable bonds is 3. The lowest BCUT2D eigenvalue weighted by atomic mass is 10.1. The quantitative estimate of drug-likeness (QED) is 0.488. The maximum Gasteiger partial charge on any atom is 0.272 e. The number of hydrogen-bond acceptors (Lipinski definition) is 3. The first-order valence-corrected chi connectivity index (χ1v) is 7.10. The van der Waals surface area contributed by atoms with Crippen LogP contribution in [0.3, 0.4) is 0 Å². The Hall–Kier alpha value is -1.86. The molecule has 0 fully saturated rings. The second-order valence-corrected chi connectivity index (χ2v) is 5.60. The van der Waals surface area contributed by atoms with Gasteiger partial charge in [0.05, 0.1) is 10.6 Å². The molecular weight excluding hydrogens is 359 g/mol. The van der Waals surface area contributed by atoms with Crippen LogP contribution >= 0.6 is 28.1 Å². The highest BCUT2D eigenvalue weighted by Gasteiger charge is 2.13. The highest BCUT2D eigenvalue weighted by molar-refractivity contribution is 9.10. The number of nitrogens with one attached hydrogen (secondary N) is 1. The minimum absolute atomic E-state index is 0.0356.